The van der Waals surface area contributed by atoms with E-state index < -0.39 is 29.0 Å². The van der Waals surface area contributed by atoms with Crippen LogP contribution in [-0.2, 0) is 31.1 Å². The highest BCUT2D eigenvalue weighted by atomic mass is 19.4. The van der Waals surface area contributed by atoms with Crippen molar-refractivity contribution in [3.63, 3.8) is 0 Å². The van der Waals surface area contributed by atoms with Gasteiger partial charge in [-0.05, 0) is 67.1 Å². The second-order valence-electron chi connectivity index (χ2n) is 11.8. The summed E-state index contributed by atoms with van der Waals surface area (Å²) in [5.74, 6) is -1.56. The minimum absolute atomic E-state index is 0.0288. The second kappa shape index (κ2) is 10.4. The minimum Gasteiger partial charge on any atom is -0.381 e. The van der Waals surface area contributed by atoms with E-state index in [4.69, 9.17) is 4.74 Å². The largest absolute Gasteiger partial charge is 0.416 e. The van der Waals surface area contributed by atoms with E-state index >= 15 is 0 Å². The molecule has 2 unspecified atom stereocenters. The molecule has 7 nitrogen and oxygen atoms in total. The number of ether oxygens (including phenoxy) is 1. The summed E-state index contributed by atoms with van der Waals surface area (Å²) in [4.78, 5) is 14.2. The molecule has 3 saturated carbocycles. The van der Waals surface area contributed by atoms with Crippen molar-refractivity contribution in [1.82, 2.24) is 20.1 Å². The second-order valence-corrected chi connectivity index (χ2v) is 11.8. The lowest BCUT2D eigenvalue weighted by Gasteiger charge is -2.32. The fourth-order valence-electron chi connectivity index (χ4n) is 6.33. The summed E-state index contributed by atoms with van der Waals surface area (Å²) in [6.45, 7) is 0.283. The Morgan fingerprint density at radius 2 is 1.86 bits per heavy atom. The number of aryl methyl sites for hydroxylation is 1. The van der Waals surface area contributed by atoms with Crippen LogP contribution >= 0.6 is 0 Å². The van der Waals surface area contributed by atoms with E-state index in [1.807, 2.05) is 11.6 Å². The van der Waals surface area contributed by atoms with Crippen LogP contribution in [0.3, 0.4) is 0 Å². The van der Waals surface area contributed by atoms with Crippen LogP contribution in [0.25, 0.3) is 0 Å². The Hall–Kier alpha value is -3.38. The average molecular weight is 590 g/mol. The number of carbonyl (C=O) groups is 1. The molecule has 3 aromatic rings. The minimum atomic E-state index is -4.59. The monoisotopic (exact) mass is 589 g/mol. The van der Waals surface area contributed by atoms with Crippen LogP contribution in [0.5, 0.6) is 0 Å². The SMILES string of the molecule is COC1CC(c2nncn2C)C1.O=C1c2cc(CNCC3CC34CC4(F)F)cc(C(F)(F)F)c2CN1c1ccccc1. The number of alkyl halides is 5. The molecule has 12 heteroatoms. The average Bonchev–Trinajstić information content (AvgIpc) is 3.60. The molecule has 7 rings (SSSR count). The maximum Gasteiger partial charge on any atom is 0.416 e. The summed E-state index contributed by atoms with van der Waals surface area (Å²) in [6, 6.07) is 11.1. The smallest absolute Gasteiger partial charge is 0.381 e. The number of aromatic nitrogens is 3. The number of nitrogens with zero attached hydrogens (tertiary/aromatic N) is 4. The zero-order chi connectivity index (χ0) is 29.9. The number of halogens is 5. The van der Waals surface area contributed by atoms with Crippen molar-refractivity contribution in [2.75, 3.05) is 18.6 Å². The van der Waals surface area contributed by atoms with Crippen LogP contribution in [0.1, 0.15) is 64.5 Å². The topological polar surface area (TPSA) is 72.3 Å². The Morgan fingerprint density at radius 1 is 1.14 bits per heavy atom. The number of methoxy groups -OCH3 is 1. The number of nitrogens with one attached hydrogen (secondary N) is 1. The number of carbonyl (C=O) groups excluding carboxylic acids is 1. The van der Waals surface area contributed by atoms with Crippen LogP contribution < -0.4 is 10.2 Å². The number of rotatable bonds is 7. The fourth-order valence-corrected chi connectivity index (χ4v) is 6.33. The van der Waals surface area contributed by atoms with Gasteiger partial charge in [0.1, 0.15) is 12.2 Å². The maximum absolute atomic E-state index is 13.7. The van der Waals surface area contributed by atoms with Gasteiger partial charge in [0.05, 0.1) is 18.2 Å². The third-order valence-electron chi connectivity index (χ3n) is 9.11. The van der Waals surface area contributed by atoms with Crippen molar-refractivity contribution in [1.29, 1.82) is 0 Å². The van der Waals surface area contributed by atoms with Gasteiger partial charge in [-0.2, -0.15) is 13.2 Å². The lowest BCUT2D eigenvalue weighted by atomic mass is 9.81. The van der Waals surface area contributed by atoms with Crippen molar-refractivity contribution >= 4 is 11.6 Å². The zero-order valence-corrected chi connectivity index (χ0v) is 23.3. The van der Waals surface area contributed by atoms with Gasteiger partial charge in [-0.25, -0.2) is 8.78 Å². The number of benzene rings is 2. The summed E-state index contributed by atoms with van der Waals surface area (Å²) in [5.41, 5.74) is -0.819. The quantitative estimate of drug-likeness (QED) is 0.358. The molecule has 1 aromatic heterocycles. The standard InChI is InChI=1S/C22H19F5N2O.C8H13N3O/c23-21(24)12-20(21)8-14(20)10-28-9-13-6-16-17(18(7-13)22(25,26)27)11-29(19(16)30)15-4-2-1-3-5-15;1-11-5-9-10-8(11)6-3-7(4-6)12-2/h1-7,14,28H,8-12H2;5-7H,3-4H2,1-2H3. The molecule has 0 saturated heterocycles. The Balaban J connectivity index is 0.000000219. The molecular weight excluding hydrogens is 557 g/mol. The summed E-state index contributed by atoms with van der Waals surface area (Å²) >= 11 is 0. The molecule has 2 aromatic carbocycles. The molecule has 224 valence electrons. The van der Waals surface area contributed by atoms with Gasteiger partial charge >= 0.3 is 6.18 Å². The van der Waals surface area contributed by atoms with Crippen molar-refractivity contribution in [2.45, 2.75) is 62.9 Å². The van der Waals surface area contributed by atoms with Gasteiger partial charge in [0.25, 0.3) is 11.8 Å². The first-order valence-electron chi connectivity index (χ1n) is 14.0. The lowest BCUT2D eigenvalue weighted by molar-refractivity contribution is -0.138. The Bertz CT molecular complexity index is 1470. The summed E-state index contributed by atoms with van der Waals surface area (Å²) in [5, 5.41) is 10.9. The number of hydrogen-bond donors (Lipinski definition) is 1. The van der Waals surface area contributed by atoms with Gasteiger partial charge in [-0.3, -0.25) is 4.79 Å². The maximum atomic E-state index is 13.7. The van der Waals surface area contributed by atoms with Crippen molar-refractivity contribution in [3.8, 4) is 0 Å². The van der Waals surface area contributed by atoms with Crippen molar-refractivity contribution in [3.05, 3.63) is 76.9 Å². The highest BCUT2D eigenvalue weighted by Gasteiger charge is 2.82. The first-order chi connectivity index (χ1) is 19.9. The van der Waals surface area contributed by atoms with Crippen LogP contribution in [0.4, 0.5) is 27.6 Å². The molecule has 2 heterocycles. The van der Waals surface area contributed by atoms with E-state index in [0.29, 0.717) is 36.2 Å². The molecular formula is C30H32F5N5O2. The third kappa shape index (κ3) is 5.19. The van der Waals surface area contributed by atoms with Gasteiger partial charge < -0.3 is 19.5 Å². The van der Waals surface area contributed by atoms with E-state index in [0.717, 1.165) is 24.7 Å². The third-order valence-corrected chi connectivity index (χ3v) is 9.11. The number of amides is 1. The number of para-hydroxylation sites is 1. The lowest BCUT2D eigenvalue weighted by Crippen LogP contribution is -2.30. The van der Waals surface area contributed by atoms with E-state index in [-0.39, 0.29) is 36.6 Å². The number of fused-ring (bicyclic) bond motifs is 1. The molecule has 1 aliphatic heterocycles. The van der Waals surface area contributed by atoms with Crippen LogP contribution in [0.15, 0.2) is 48.8 Å². The summed E-state index contributed by atoms with van der Waals surface area (Å²) in [7, 11) is 3.74. The van der Waals surface area contributed by atoms with Crippen molar-refractivity contribution in [2.24, 2.45) is 18.4 Å². The predicted molar refractivity (Wildman–Crippen MR) is 144 cm³/mol. The normalized spacial score (nSPS) is 26.9. The molecule has 1 N–H and O–H groups in total. The highest BCUT2D eigenvalue weighted by molar-refractivity contribution is 6.10. The molecule has 0 radical (unpaired) electrons. The molecule has 1 spiro atoms. The molecule has 42 heavy (non-hydrogen) atoms. The van der Waals surface area contributed by atoms with E-state index in [2.05, 4.69) is 15.5 Å². The predicted octanol–water partition coefficient (Wildman–Crippen LogP) is 5.71. The molecule has 1 amide bonds. The van der Waals surface area contributed by atoms with E-state index in [1.54, 1.807) is 43.8 Å². The molecule has 3 aliphatic carbocycles. The number of hydrogen-bond acceptors (Lipinski definition) is 5. The van der Waals surface area contributed by atoms with Gasteiger partial charge in [0.15, 0.2) is 0 Å². The summed E-state index contributed by atoms with van der Waals surface area (Å²) < 4.78 is 74.9. The molecule has 4 aliphatic rings. The highest BCUT2D eigenvalue weighted by Crippen LogP contribution is 2.78. The molecule has 0 bridgehead atoms. The van der Waals surface area contributed by atoms with Crippen LogP contribution in [0.2, 0.25) is 0 Å². The van der Waals surface area contributed by atoms with Gasteiger partial charge in [0.2, 0.25) is 0 Å². The number of anilines is 1. The van der Waals surface area contributed by atoms with Gasteiger partial charge in [-0.1, -0.05) is 18.2 Å². The Kier molecular flexibility index (Phi) is 7.12. The first kappa shape index (κ1) is 28.7. The molecule has 3 fully saturated rings. The summed E-state index contributed by atoms with van der Waals surface area (Å²) in [6.07, 6.45) is 0.125. The molecule has 2 atom stereocenters. The Labute approximate surface area is 240 Å². The fraction of sp³-hybridized carbons (Fsp3) is 0.500. The van der Waals surface area contributed by atoms with Gasteiger partial charge in [0, 0.05) is 49.7 Å². The van der Waals surface area contributed by atoms with Crippen LogP contribution in [-0.4, -0.2) is 46.4 Å². The zero-order valence-electron chi connectivity index (χ0n) is 23.3. The van der Waals surface area contributed by atoms with Crippen LogP contribution in [0, 0.1) is 11.3 Å². The van der Waals surface area contributed by atoms with Gasteiger partial charge in [-0.15, -0.1) is 10.2 Å². The van der Waals surface area contributed by atoms with Crippen molar-refractivity contribution < 1.29 is 31.5 Å². The first-order valence-corrected chi connectivity index (χ1v) is 14.0. The Morgan fingerprint density at radius 3 is 2.43 bits per heavy atom. The van der Waals surface area contributed by atoms with E-state index in [9.17, 15) is 26.7 Å². The van der Waals surface area contributed by atoms with E-state index in [1.165, 1.54) is 11.0 Å².